The predicted molar refractivity (Wildman–Crippen MR) is 142 cm³/mol. The molecule has 1 amide bonds. The third-order valence-electron chi connectivity index (χ3n) is 8.86. The Morgan fingerprint density at radius 2 is 1.47 bits per heavy atom. The summed E-state index contributed by atoms with van der Waals surface area (Å²) in [5, 5.41) is 11.0. The zero-order valence-electron chi connectivity index (χ0n) is 22.8. The van der Waals surface area contributed by atoms with E-state index < -0.39 is 5.97 Å². The Morgan fingerprint density at radius 1 is 0.895 bits per heavy atom. The molecule has 0 N–H and O–H groups in total. The molecule has 3 aromatic rings. The average molecular weight is 520 g/mol. The van der Waals surface area contributed by atoms with Crippen LogP contribution >= 0.6 is 0 Å². The quantitative estimate of drug-likeness (QED) is 0.429. The summed E-state index contributed by atoms with van der Waals surface area (Å²) < 4.78 is 5.28. The first kappa shape index (κ1) is 28.4. The number of hydrogen-bond donors (Lipinski definition) is 0. The standard InChI is InChI=1S/C32H35NO4.Na/c1-32(2)27-15-12-26(29(32)18-27)20-33(30(34)24-13-16-28(37-3)17-14-24)19-21-4-6-22(7-5-21)23-8-10-25(11-9-23)31(35)36;/h4-11,13-14,16-17,26-27,29H,12,15,18-20H2,1-3H3,(H,35,36);/q;+1/p-1/t26-,27-,29-;/m0./s1. The number of rotatable bonds is 8. The Morgan fingerprint density at radius 3 is 2.00 bits per heavy atom. The van der Waals surface area contributed by atoms with Crippen molar-refractivity contribution >= 4 is 11.9 Å². The Kier molecular flexibility index (Phi) is 8.71. The van der Waals surface area contributed by atoms with Crippen LogP contribution < -0.4 is 39.4 Å². The van der Waals surface area contributed by atoms with E-state index in [1.165, 1.54) is 19.3 Å². The van der Waals surface area contributed by atoms with Crippen molar-refractivity contribution in [1.29, 1.82) is 0 Å². The van der Waals surface area contributed by atoms with Gasteiger partial charge in [-0.3, -0.25) is 4.79 Å². The smallest absolute Gasteiger partial charge is 0.545 e. The number of benzene rings is 3. The Balaban J connectivity index is 0.00000336. The van der Waals surface area contributed by atoms with Gasteiger partial charge in [0.2, 0.25) is 0 Å². The van der Waals surface area contributed by atoms with Crippen LogP contribution in [0.1, 0.15) is 59.4 Å². The van der Waals surface area contributed by atoms with Crippen LogP contribution in [0, 0.1) is 23.2 Å². The summed E-state index contributed by atoms with van der Waals surface area (Å²) in [6.07, 6.45) is 3.73. The van der Waals surface area contributed by atoms with Crippen molar-refractivity contribution in [1.82, 2.24) is 4.90 Å². The number of fused-ring (bicyclic) bond motifs is 2. The van der Waals surface area contributed by atoms with Gasteiger partial charge in [-0.1, -0.05) is 62.4 Å². The van der Waals surface area contributed by atoms with E-state index in [0.717, 1.165) is 34.9 Å². The molecule has 3 aromatic carbocycles. The van der Waals surface area contributed by atoms with Gasteiger partial charge in [0, 0.05) is 18.7 Å². The van der Waals surface area contributed by atoms with Gasteiger partial charge in [0.05, 0.1) is 13.1 Å². The van der Waals surface area contributed by atoms with E-state index in [4.69, 9.17) is 4.74 Å². The number of carboxylic acid groups (broad SMARTS) is 1. The number of carboxylic acids is 1. The summed E-state index contributed by atoms with van der Waals surface area (Å²) in [5.74, 6) is 1.62. The maximum absolute atomic E-state index is 13.7. The first-order valence-corrected chi connectivity index (χ1v) is 13.1. The molecular weight excluding hydrogens is 485 g/mol. The van der Waals surface area contributed by atoms with Crippen molar-refractivity contribution in [3.63, 3.8) is 0 Å². The van der Waals surface area contributed by atoms with Crippen LogP contribution in [0.2, 0.25) is 0 Å². The van der Waals surface area contributed by atoms with Crippen LogP contribution in [-0.4, -0.2) is 30.4 Å². The van der Waals surface area contributed by atoms with Gasteiger partial charge in [-0.15, -0.1) is 0 Å². The normalized spacial score (nSPS) is 21.0. The minimum atomic E-state index is -1.18. The average Bonchev–Trinajstić information content (AvgIpc) is 2.92. The summed E-state index contributed by atoms with van der Waals surface area (Å²) in [6.45, 7) is 6.09. The fraction of sp³-hybridized carbons (Fsp3) is 0.375. The summed E-state index contributed by atoms with van der Waals surface area (Å²) in [6, 6.07) is 22.2. The zero-order chi connectivity index (χ0) is 26.2. The molecule has 0 heterocycles. The number of methoxy groups -OCH3 is 1. The first-order chi connectivity index (χ1) is 17.8. The zero-order valence-corrected chi connectivity index (χ0v) is 24.8. The van der Waals surface area contributed by atoms with Gasteiger partial charge < -0.3 is 19.5 Å². The number of carbonyl (C=O) groups excluding carboxylic acids is 2. The molecule has 3 atom stereocenters. The van der Waals surface area contributed by atoms with Crippen molar-refractivity contribution in [3.8, 4) is 16.9 Å². The molecule has 0 radical (unpaired) electrons. The van der Waals surface area contributed by atoms with Crippen molar-refractivity contribution in [2.75, 3.05) is 13.7 Å². The topological polar surface area (TPSA) is 69.7 Å². The van der Waals surface area contributed by atoms with E-state index in [0.29, 0.717) is 29.4 Å². The number of aromatic carboxylic acids is 1. The third kappa shape index (κ3) is 5.70. The van der Waals surface area contributed by atoms with Gasteiger partial charge in [0.25, 0.3) is 5.91 Å². The van der Waals surface area contributed by atoms with Crippen LogP contribution in [-0.2, 0) is 6.54 Å². The third-order valence-corrected chi connectivity index (χ3v) is 8.86. The van der Waals surface area contributed by atoms with Crippen molar-refractivity contribution in [2.45, 2.75) is 39.7 Å². The van der Waals surface area contributed by atoms with Gasteiger partial charge in [0.15, 0.2) is 0 Å². The molecule has 0 unspecified atom stereocenters. The molecule has 6 rings (SSSR count). The molecule has 38 heavy (non-hydrogen) atoms. The summed E-state index contributed by atoms with van der Waals surface area (Å²) in [7, 11) is 1.63. The molecule has 0 aliphatic heterocycles. The van der Waals surface area contributed by atoms with E-state index in [1.807, 2.05) is 41.3 Å². The molecule has 3 fully saturated rings. The van der Waals surface area contributed by atoms with Gasteiger partial charge in [-0.05, 0) is 89.0 Å². The van der Waals surface area contributed by atoms with Gasteiger partial charge in [0.1, 0.15) is 5.75 Å². The van der Waals surface area contributed by atoms with Crippen LogP contribution in [0.25, 0.3) is 11.1 Å². The molecule has 3 aliphatic rings. The minimum absolute atomic E-state index is 0. The number of ether oxygens (including phenoxy) is 1. The van der Waals surface area contributed by atoms with Gasteiger partial charge in [-0.25, -0.2) is 0 Å². The van der Waals surface area contributed by atoms with Crippen LogP contribution in [0.3, 0.4) is 0 Å². The predicted octanol–water partition coefficient (Wildman–Crippen LogP) is 2.44. The van der Waals surface area contributed by atoms with Crippen molar-refractivity contribution < 1.29 is 49.0 Å². The molecule has 0 aromatic heterocycles. The molecule has 0 spiro atoms. The van der Waals surface area contributed by atoms with Crippen molar-refractivity contribution in [2.24, 2.45) is 23.2 Å². The molecule has 5 nitrogen and oxygen atoms in total. The molecule has 2 bridgehead atoms. The molecule has 0 saturated heterocycles. The second kappa shape index (κ2) is 11.6. The van der Waals surface area contributed by atoms with E-state index in [1.54, 1.807) is 31.4 Å². The van der Waals surface area contributed by atoms with Crippen LogP contribution in [0.4, 0.5) is 0 Å². The number of nitrogens with zero attached hydrogens (tertiary/aromatic N) is 1. The number of hydrogen-bond acceptors (Lipinski definition) is 4. The summed E-state index contributed by atoms with van der Waals surface area (Å²) in [4.78, 5) is 26.8. The summed E-state index contributed by atoms with van der Waals surface area (Å²) >= 11 is 0. The van der Waals surface area contributed by atoms with Gasteiger partial charge in [-0.2, -0.15) is 0 Å². The van der Waals surface area contributed by atoms with Crippen LogP contribution in [0.5, 0.6) is 5.75 Å². The molecule has 3 aliphatic carbocycles. The van der Waals surface area contributed by atoms with E-state index in [-0.39, 0.29) is 41.0 Å². The number of carbonyl (C=O) groups is 2. The van der Waals surface area contributed by atoms with E-state index in [2.05, 4.69) is 26.0 Å². The first-order valence-electron chi connectivity index (χ1n) is 13.1. The maximum Gasteiger partial charge on any atom is 1.00 e. The monoisotopic (exact) mass is 519 g/mol. The van der Waals surface area contributed by atoms with Crippen LogP contribution in [0.15, 0.2) is 72.8 Å². The SMILES string of the molecule is COc1ccc(C(=O)N(Cc2ccc(-c3ccc(C(=O)[O-])cc3)cc2)C[C@@H]2CC[C@H]3C[C@@H]2C3(C)C)cc1.[Na+]. The second-order valence-electron chi connectivity index (χ2n) is 11.2. The second-order valence-corrected chi connectivity index (χ2v) is 11.2. The van der Waals surface area contributed by atoms with Gasteiger partial charge >= 0.3 is 29.6 Å². The Hall–Kier alpha value is -2.60. The molecule has 6 heteroatoms. The fourth-order valence-electron chi connectivity index (χ4n) is 6.42. The Labute approximate surface area is 247 Å². The van der Waals surface area contributed by atoms with E-state index in [9.17, 15) is 14.7 Å². The summed E-state index contributed by atoms with van der Waals surface area (Å²) in [5.41, 5.74) is 4.20. The fourth-order valence-corrected chi connectivity index (χ4v) is 6.42. The van der Waals surface area contributed by atoms with Crippen molar-refractivity contribution in [3.05, 3.63) is 89.5 Å². The molecular formula is C32H34NNaO4. The molecule has 192 valence electrons. The maximum atomic E-state index is 13.7. The molecule has 3 saturated carbocycles. The minimum Gasteiger partial charge on any atom is -0.545 e. The largest absolute Gasteiger partial charge is 1.00 e. The van der Waals surface area contributed by atoms with E-state index >= 15 is 0 Å². The Bertz CT molecular complexity index is 1270. The number of amides is 1.